The third-order valence-corrected chi connectivity index (χ3v) is 4.09. The van der Waals surface area contributed by atoms with Crippen molar-refractivity contribution in [3.63, 3.8) is 0 Å². The monoisotopic (exact) mass is 268 g/mol. The third kappa shape index (κ3) is 2.16. The van der Waals surface area contributed by atoms with Crippen LogP contribution in [0.15, 0.2) is 24.3 Å². The van der Waals surface area contributed by atoms with Crippen molar-refractivity contribution in [1.82, 2.24) is 0 Å². The average molecular weight is 269 g/mol. The zero-order valence-electron chi connectivity index (χ0n) is 10.1. The molecule has 3 rings (SSSR count). The number of aliphatic hydroxyl groups is 1. The lowest BCUT2D eigenvalue weighted by atomic mass is 9.88. The first-order chi connectivity index (χ1) is 8.72. The lowest BCUT2D eigenvalue weighted by Gasteiger charge is -2.31. The van der Waals surface area contributed by atoms with Gasteiger partial charge in [0, 0.05) is 11.6 Å². The Morgan fingerprint density at radius 2 is 2.00 bits per heavy atom. The van der Waals surface area contributed by atoms with Crippen LogP contribution in [0.25, 0.3) is 0 Å². The van der Waals surface area contributed by atoms with Gasteiger partial charge in [0.25, 0.3) is 0 Å². The first kappa shape index (κ1) is 12.4. The van der Waals surface area contributed by atoms with Crippen LogP contribution in [0, 0.1) is 0 Å². The molecule has 1 aromatic carbocycles. The molecule has 0 saturated carbocycles. The smallest absolute Gasteiger partial charge is 0.145 e. The SMILES string of the molecule is OC(C1CCCCO1)C1(c2ccc(Cl)cc2)CO1. The van der Waals surface area contributed by atoms with Crippen LogP contribution in [0.2, 0.25) is 5.02 Å². The van der Waals surface area contributed by atoms with Crippen molar-refractivity contribution in [3.05, 3.63) is 34.9 Å². The highest BCUT2D eigenvalue weighted by Gasteiger charge is 2.55. The molecule has 0 spiro atoms. The van der Waals surface area contributed by atoms with Gasteiger partial charge in [0.1, 0.15) is 11.7 Å². The van der Waals surface area contributed by atoms with Gasteiger partial charge in [-0.15, -0.1) is 0 Å². The van der Waals surface area contributed by atoms with Gasteiger partial charge in [-0.25, -0.2) is 0 Å². The van der Waals surface area contributed by atoms with E-state index in [9.17, 15) is 5.11 Å². The van der Waals surface area contributed by atoms with E-state index in [4.69, 9.17) is 21.1 Å². The topological polar surface area (TPSA) is 42.0 Å². The van der Waals surface area contributed by atoms with Crippen LogP contribution in [-0.4, -0.2) is 30.5 Å². The van der Waals surface area contributed by atoms with E-state index in [1.807, 2.05) is 24.3 Å². The quantitative estimate of drug-likeness (QED) is 0.857. The van der Waals surface area contributed by atoms with E-state index in [0.29, 0.717) is 11.6 Å². The number of aliphatic hydroxyl groups excluding tert-OH is 1. The summed E-state index contributed by atoms with van der Waals surface area (Å²) in [5.74, 6) is 0. The van der Waals surface area contributed by atoms with Crippen molar-refractivity contribution in [1.29, 1.82) is 0 Å². The molecule has 1 aromatic rings. The maximum atomic E-state index is 10.5. The number of hydrogen-bond acceptors (Lipinski definition) is 3. The molecule has 0 aromatic heterocycles. The summed E-state index contributed by atoms with van der Waals surface area (Å²) in [6.45, 7) is 1.29. The molecular weight excluding hydrogens is 252 g/mol. The predicted octanol–water partition coefficient (Wildman–Crippen LogP) is 2.50. The lowest BCUT2D eigenvalue weighted by Crippen LogP contribution is -2.41. The zero-order chi connectivity index (χ0) is 12.6. The summed E-state index contributed by atoms with van der Waals surface area (Å²) < 4.78 is 11.2. The lowest BCUT2D eigenvalue weighted by molar-refractivity contribution is -0.0914. The number of hydrogen-bond donors (Lipinski definition) is 1. The van der Waals surface area contributed by atoms with Gasteiger partial charge < -0.3 is 14.6 Å². The van der Waals surface area contributed by atoms with Crippen LogP contribution in [0.5, 0.6) is 0 Å². The van der Waals surface area contributed by atoms with Crippen molar-refractivity contribution in [3.8, 4) is 0 Å². The van der Waals surface area contributed by atoms with Crippen molar-refractivity contribution in [2.45, 2.75) is 37.1 Å². The van der Waals surface area contributed by atoms with E-state index in [0.717, 1.165) is 31.4 Å². The Morgan fingerprint density at radius 3 is 2.56 bits per heavy atom. The Kier molecular flexibility index (Phi) is 3.32. The van der Waals surface area contributed by atoms with Crippen molar-refractivity contribution < 1.29 is 14.6 Å². The summed E-state index contributed by atoms with van der Waals surface area (Å²) in [7, 11) is 0. The maximum Gasteiger partial charge on any atom is 0.145 e. The van der Waals surface area contributed by atoms with Crippen LogP contribution in [0.1, 0.15) is 24.8 Å². The molecule has 3 atom stereocenters. The molecule has 0 bridgehead atoms. The molecule has 18 heavy (non-hydrogen) atoms. The van der Waals surface area contributed by atoms with Gasteiger partial charge in [-0.05, 0) is 37.0 Å². The summed E-state index contributed by atoms with van der Waals surface area (Å²) in [6, 6.07) is 7.49. The second kappa shape index (κ2) is 4.82. The van der Waals surface area contributed by atoms with Crippen LogP contribution in [-0.2, 0) is 15.1 Å². The summed E-state index contributed by atoms with van der Waals surface area (Å²) in [6.07, 6.45) is 2.38. The fraction of sp³-hybridized carbons (Fsp3) is 0.571. The Morgan fingerprint density at radius 1 is 1.28 bits per heavy atom. The molecule has 0 radical (unpaired) electrons. The number of epoxide rings is 1. The first-order valence-electron chi connectivity index (χ1n) is 6.42. The molecule has 98 valence electrons. The largest absolute Gasteiger partial charge is 0.387 e. The normalized spacial score (nSPS) is 33.1. The van der Waals surface area contributed by atoms with Crippen LogP contribution in [0.4, 0.5) is 0 Å². The number of rotatable bonds is 3. The van der Waals surface area contributed by atoms with Crippen LogP contribution < -0.4 is 0 Å². The molecule has 4 heteroatoms. The van der Waals surface area contributed by atoms with Gasteiger partial charge in [0.15, 0.2) is 0 Å². The Bertz CT molecular complexity index is 408. The van der Waals surface area contributed by atoms with Crippen LogP contribution in [0.3, 0.4) is 0 Å². The second-order valence-corrected chi connectivity index (χ2v) is 5.47. The molecule has 3 unspecified atom stereocenters. The van der Waals surface area contributed by atoms with Crippen molar-refractivity contribution in [2.75, 3.05) is 13.2 Å². The number of halogens is 1. The minimum Gasteiger partial charge on any atom is -0.387 e. The molecule has 2 heterocycles. The Labute approximate surface area is 112 Å². The molecule has 2 fully saturated rings. The van der Waals surface area contributed by atoms with E-state index < -0.39 is 11.7 Å². The second-order valence-electron chi connectivity index (χ2n) is 5.03. The number of benzene rings is 1. The molecular formula is C14H17ClO3. The fourth-order valence-corrected chi connectivity index (χ4v) is 2.76. The zero-order valence-corrected chi connectivity index (χ0v) is 10.9. The van der Waals surface area contributed by atoms with E-state index in [1.54, 1.807) is 0 Å². The van der Waals surface area contributed by atoms with Crippen molar-refractivity contribution in [2.24, 2.45) is 0 Å². The fourth-order valence-electron chi connectivity index (χ4n) is 2.63. The van der Waals surface area contributed by atoms with Gasteiger partial charge in [-0.2, -0.15) is 0 Å². The molecule has 1 N–H and O–H groups in total. The highest BCUT2D eigenvalue weighted by Crippen LogP contribution is 2.44. The summed E-state index contributed by atoms with van der Waals surface area (Å²) >= 11 is 5.88. The molecule has 2 aliphatic heterocycles. The van der Waals surface area contributed by atoms with Crippen molar-refractivity contribution >= 4 is 11.6 Å². The van der Waals surface area contributed by atoms with Crippen LogP contribution >= 0.6 is 11.6 Å². The molecule has 2 saturated heterocycles. The van der Waals surface area contributed by atoms with Gasteiger partial charge in [0.05, 0.1) is 12.7 Å². The third-order valence-electron chi connectivity index (χ3n) is 3.83. The average Bonchev–Trinajstić information content (AvgIpc) is 3.21. The minimum atomic E-state index is -0.598. The minimum absolute atomic E-state index is 0.114. The van der Waals surface area contributed by atoms with E-state index in [2.05, 4.69) is 0 Å². The summed E-state index contributed by atoms with van der Waals surface area (Å²) in [5, 5.41) is 11.2. The molecule has 2 aliphatic rings. The van der Waals surface area contributed by atoms with E-state index in [-0.39, 0.29) is 6.10 Å². The van der Waals surface area contributed by atoms with Gasteiger partial charge >= 0.3 is 0 Å². The van der Waals surface area contributed by atoms with Gasteiger partial charge in [-0.1, -0.05) is 23.7 Å². The Hall–Kier alpha value is -0.610. The summed E-state index contributed by atoms with van der Waals surface area (Å²) in [5.41, 5.74) is 0.403. The first-order valence-corrected chi connectivity index (χ1v) is 6.80. The van der Waals surface area contributed by atoms with E-state index >= 15 is 0 Å². The highest BCUT2D eigenvalue weighted by molar-refractivity contribution is 6.30. The standard InChI is InChI=1S/C14H17ClO3/c15-11-6-4-10(5-7-11)14(9-18-14)13(16)12-3-1-2-8-17-12/h4-7,12-13,16H,1-3,8-9H2. The predicted molar refractivity (Wildman–Crippen MR) is 68.7 cm³/mol. The van der Waals surface area contributed by atoms with Gasteiger partial charge in [0.2, 0.25) is 0 Å². The maximum absolute atomic E-state index is 10.5. The Balaban J connectivity index is 1.79. The molecule has 0 aliphatic carbocycles. The molecule has 3 nitrogen and oxygen atoms in total. The highest BCUT2D eigenvalue weighted by atomic mass is 35.5. The number of ether oxygens (including phenoxy) is 2. The van der Waals surface area contributed by atoms with E-state index in [1.165, 1.54) is 0 Å². The van der Waals surface area contributed by atoms with Gasteiger partial charge in [-0.3, -0.25) is 0 Å². The summed E-state index contributed by atoms with van der Waals surface area (Å²) in [4.78, 5) is 0. The molecule has 0 amide bonds.